The smallest absolute Gasteiger partial charge is 0.145 e. The highest BCUT2D eigenvalue weighted by Gasteiger charge is 2.24. The van der Waals surface area contributed by atoms with Crippen molar-refractivity contribution in [2.75, 3.05) is 14.2 Å². The quantitative estimate of drug-likeness (QED) is 0.447. The van der Waals surface area contributed by atoms with E-state index in [1.807, 2.05) is 66.7 Å². The molecule has 4 aromatic rings. The van der Waals surface area contributed by atoms with Gasteiger partial charge in [0.05, 0.1) is 43.8 Å². The lowest BCUT2D eigenvalue weighted by molar-refractivity contribution is 0.174. The average Bonchev–Trinajstić information content (AvgIpc) is 3.18. The van der Waals surface area contributed by atoms with Gasteiger partial charge in [-0.05, 0) is 25.1 Å². The third-order valence-corrected chi connectivity index (χ3v) is 5.16. The van der Waals surface area contributed by atoms with Gasteiger partial charge in [-0.15, -0.1) is 0 Å². The van der Waals surface area contributed by atoms with E-state index in [2.05, 4.69) is 16.7 Å². The minimum atomic E-state index is -0.560. The molecule has 5 nitrogen and oxygen atoms in total. The number of hydrogen-bond acceptors (Lipinski definition) is 4. The summed E-state index contributed by atoms with van der Waals surface area (Å²) in [5.74, 6) is 2.12. The maximum absolute atomic E-state index is 10.4. The normalized spacial score (nSPS) is 11.9. The Morgan fingerprint density at radius 3 is 2.10 bits per heavy atom. The summed E-state index contributed by atoms with van der Waals surface area (Å²) in [5.41, 5.74) is 4.65. The lowest BCUT2D eigenvalue weighted by Gasteiger charge is -2.16. The Hall–Kier alpha value is -3.57. The molecule has 0 spiro atoms. The number of imidazole rings is 1. The molecule has 1 atom stereocenters. The van der Waals surface area contributed by atoms with Crippen LogP contribution in [0.5, 0.6) is 11.5 Å². The van der Waals surface area contributed by atoms with Gasteiger partial charge in [0.1, 0.15) is 17.3 Å². The highest BCUT2D eigenvalue weighted by molar-refractivity contribution is 5.83. The van der Waals surface area contributed by atoms with Gasteiger partial charge in [-0.1, -0.05) is 60.7 Å². The van der Waals surface area contributed by atoms with Crippen LogP contribution < -0.4 is 9.47 Å². The Morgan fingerprint density at radius 2 is 1.52 bits per heavy atom. The lowest BCUT2D eigenvalue weighted by atomic mass is 10.0. The van der Waals surface area contributed by atoms with E-state index in [0.29, 0.717) is 23.9 Å². The summed E-state index contributed by atoms with van der Waals surface area (Å²) in [7, 11) is 3.28. The minimum Gasteiger partial charge on any atom is -0.497 e. The zero-order valence-corrected chi connectivity index (χ0v) is 17.9. The standard InChI is InChI=1S/C26H26N2O3/c1-18(29)17-28-25(20-12-8-5-9-13-20)24(19-10-6-4-7-11-19)27-26(28)22-16-21(30-2)14-15-23(22)31-3/h4-16,18,29H,17H2,1-3H3. The summed E-state index contributed by atoms with van der Waals surface area (Å²) in [5, 5.41) is 10.4. The van der Waals surface area contributed by atoms with E-state index in [0.717, 1.165) is 28.1 Å². The Bertz CT molecular complexity index is 1150. The molecule has 31 heavy (non-hydrogen) atoms. The van der Waals surface area contributed by atoms with Gasteiger partial charge in [-0.2, -0.15) is 0 Å². The third-order valence-electron chi connectivity index (χ3n) is 5.16. The molecule has 0 saturated carbocycles. The number of ether oxygens (including phenoxy) is 2. The van der Waals surface area contributed by atoms with Gasteiger partial charge in [-0.25, -0.2) is 4.98 Å². The van der Waals surface area contributed by atoms with Crippen LogP contribution in [0.2, 0.25) is 0 Å². The topological polar surface area (TPSA) is 56.5 Å². The molecule has 1 heterocycles. The summed E-state index contributed by atoms with van der Waals surface area (Å²) in [6, 6.07) is 25.9. The number of benzene rings is 3. The third kappa shape index (κ3) is 4.18. The summed E-state index contributed by atoms with van der Waals surface area (Å²) in [6.07, 6.45) is -0.560. The van der Waals surface area contributed by atoms with Crippen molar-refractivity contribution < 1.29 is 14.6 Å². The second kappa shape index (κ2) is 9.06. The van der Waals surface area contributed by atoms with Crippen LogP contribution in [-0.4, -0.2) is 35.0 Å². The Balaban J connectivity index is 2.06. The van der Waals surface area contributed by atoms with Gasteiger partial charge in [0.15, 0.2) is 0 Å². The maximum atomic E-state index is 10.4. The first-order valence-electron chi connectivity index (χ1n) is 10.2. The van der Waals surface area contributed by atoms with Gasteiger partial charge < -0.3 is 19.1 Å². The number of hydrogen-bond donors (Lipinski definition) is 1. The molecular formula is C26H26N2O3. The Kier molecular flexibility index (Phi) is 6.05. The van der Waals surface area contributed by atoms with Crippen molar-refractivity contribution in [2.45, 2.75) is 19.6 Å². The predicted octanol–water partition coefficient (Wildman–Crippen LogP) is 5.28. The van der Waals surface area contributed by atoms with E-state index in [9.17, 15) is 5.11 Å². The van der Waals surface area contributed by atoms with E-state index in [4.69, 9.17) is 14.5 Å². The van der Waals surface area contributed by atoms with Gasteiger partial charge in [-0.3, -0.25) is 0 Å². The average molecular weight is 415 g/mol. The van der Waals surface area contributed by atoms with Gasteiger partial charge in [0.25, 0.3) is 0 Å². The number of aliphatic hydroxyl groups is 1. The zero-order chi connectivity index (χ0) is 21.8. The van der Waals surface area contributed by atoms with Crippen molar-refractivity contribution in [3.05, 3.63) is 78.9 Å². The van der Waals surface area contributed by atoms with Crippen molar-refractivity contribution in [2.24, 2.45) is 0 Å². The zero-order valence-electron chi connectivity index (χ0n) is 17.9. The first kappa shape index (κ1) is 20.7. The first-order valence-corrected chi connectivity index (χ1v) is 10.2. The first-order chi connectivity index (χ1) is 15.1. The van der Waals surface area contributed by atoms with Crippen LogP contribution in [0.15, 0.2) is 78.9 Å². The lowest BCUT2D eigenvalue weighted by Crippen LogP contribution is -2.14. The molecule has 3 aromatic carbocycles. The number of aromatic nitrogens is 2. The van der Waals surface area contributed by atoms with Gasteiger partial charge in [0, 0.05) is 11.1 Å². The van der Waals surface area contributed by atoms with Crippen molar-refractivity contribution in [3.63, 3.8) is 0 Å². The van der Waals surface area contributed by atoms with E-state index in [-0.39, 0.29) is 0 Å². The summed E-state index contributed by atoms with van der Waals surface area (Å²) in [6.45, 7) is 2.17. The van der Waals surface area contributed by atoms with E-state index in [1.165, 1.54) is 0 Å². The Morgan fingerprint density at radius 1 is 0.871 bits per heavy atom. The van der Waals surface area contributed by atoms with Gasteiger partial charge in [0.2, 0.25) is 0 Å². The molecule has 0 aliphatic carbocycles. The number of rotatable bonds is 7. The van der Waals surface area contributed by atoms with Crippen LogP contribution in [0.3, 0.4) is 0 Å². The monoisotopic (exact) mass is 414 g/mol. The van der Waals surface area contributed by atoms with Crippen LogP contribution >= 0.6 is 0 Å². The maximum Gasteiger partial charge on any atom is 0.145 e. The second-order valence-electron chi connectivity index (χ2n) is 7.39. The van der Waals surface area contributed by atoms with E-state index >= 15 is 0 Å². The van der Waals surface area contributed by atoms with Gasteiger partial charge >= 0.3 is 0 Å². The summed E-state index contributed by atoms with van der Waals surface area (Å²) < 4.78 is 13.2. The summed E-state index contributed by atoms with van der Waals surface area (Å²) in [4.78, 5) is 5.08. The van der Waals surface area contributed by atoms with Crippen LogP contribution in [0, 0.1) is 0 Å². The summed E-state index contributed by atoms with van der Waals surface area (Å²) >= 11 is 0. The number of aliphatic hydroxyl groups excluding tert-OH is 1. The van der Waals surface area contributed by atoms with E-state index in [1.54, 1.807) is 21.1 Å². The number of nitrogens with zero attached hydrogens (tertiary/aromatic N) is 2. The van der Waals surface area contributed by atoms with E-state index < -0.39 is 6.10 Å². The molecule has 1 N–H and O–H groups in total. The molecule has 1 unspecified atom stereocenters. The number of methoxy groups -OCH3 is 2. The van der Waals surface area contributed by atoms with Crippen LogP contribution in [0.1, 0.15) is 6.92 Å². The Labute approximate surface area is 182 Å². The molecule has 0 amide bonds. The highest BCUT2D eigenvalue weighted by Crippen LogP contribution is 2.40. The molecule has 0 fully saturated rings. The molecule has 0 saturated heterocycles. The fraction of sp³-hybridized carbons (Fsp3) is 0.192. The molecule has 5 heteroatoms. The molecule has 0 radical (unpaired) electrons. The molecule has 1 aromatic heterocycles. The molecule has 158 valence electrons. The molecule has 0 bridgehead atoms. The predicted molar refractivity (Wildman–Crippen MR) is 123 cm³/mol. The highest BCUT2D eigenvalue weighted by atomic mass is 16.5. The fourth-order valence-corrected chi connectivity index (χ4v) is 3.78. The van der Waals surface area contributed by atoms with Crippen molar-refractivity contribution >= 4 is 0 Å². The van der Waals surface area contributed by atoms with Crippen molar-refractivity contribution in [3.8, 4) is 45.4 Å². The molecule has 0 aliphatic heterocycles. The fourth-order valence-electron chi connectivity index (χ4n) is 3.78. The molecule has 0 aliphatic rings. The van der Waals surface area contributed by atoms with Crippen molar-refractivity contribution in [1.29, 1.82) is 0 Å². The van der Waals surface area contributed by atoms with Crippen LogP contribution in [-0.2, 0) is 6.54 Å². The largest absolute Gasteiger partial charge is 0.497 e. The van der Waals surface area contributed by atoms with Crippen molar-refractivity contribution in [1.82, 2.24) is 9.55 Å². The molecular weight excluding hydrogens is 388 g/mol. The molecule has 4 rings (SSSR count). The SMILES string of the molecule is COc1ccc(OC)c(-c2nc(-c3ccccc3)c(-c3ccccc3)n2CC(C)O)c1. The second-order valence-corrected chi connectivity index (χ2v) is 7.39. The van der Waals surface area contributed by atoms with Crippen LogP contribution in [0.4, 0.5) is 0 Å². The van der Waals surface area contributed by atoms with Crippen LogP contribution in [0.25, 0.3) is 33.9 Å². The minimum absolute atomic E-state index is 0.389.